The number of nitrogens with one attached hydrogen (secondary N) is 1. The van der Waals surface area contributed by atoms with Crippen LogP contribution < -0.4 is 14.8 Å². The van der Waals surface area contributed by atoms with Gasteiger partial charge < -0.3 is 14.8 Å². The largest absolute Gasteiger partial charge is 0.493 e. The van der Waals surface area contributed by atoms with Crippen molar-refractivity contribution in [2.24, 2.45) is 13.0 Å². The average Bonchev–Trinajstić information content (AvgIpc) is 3.08. The number of anilines is 1. The van der Waals surface area contributed by atoms with Gasteiger partial charge in [0.15, 0.2) is 11.5 Å². The van der Waals surface area contributed by atoms with Gasteiger partial charge in [0, 0.05) is 19.3 Å². The second-order valence-electron chi connectivity index (χ2n) is 6.40. The van der Waals surface area contributed by atoms with Crippen LogP contribution in [0.4, 0.5) is 5.82 Å². The first-order chi connectivity index (χ1) is 13.2. The number of hydrogen-bond donors (Lipinski definition) is 1. The summed E-state index contributed by atoms with van der Waals surface area (Å²) in [4.78, 5) is 17.0. The molecule has 4 rings (SSSR count). The number of benzene rings is 1. The van der Waals surface area contributed by atoms with E-state index in [-0.39, 0.29) is 11.8 Å². The average molecular weight is 364 g/mol. The summed E-state index contributed by atoms with van der Waals surface area (Å²) in [5.74, 6) is 1.66. The molecule has 1 aliphatic rings. The van der Waals surface area contributed by atoms with E-state index in [4.69, 9.17) is 9.47 Å². The second kappa shape index (κ2) is 7.11. The number of ether oxygens (including phenoxy) is 2. The quantitative estimate of drug-likeness (QED) is 0.770. The number of carbonyl (C=O) groups is 1. The summed E-state index contributed by atoms with van der Waals surface area (Å²) in [6.07, 6.45) is 2.32. The molecule has 1 amide bonds. The number of fused-ring (bicyclic) bond motifs is 1. The maximum atomic E-state index is 12.8. The van der Waals surface area contributed by atoms with Gasteiger partial charge in [0.25, 0.3) is 0 Å². The minimum atomic E-state index is -0.280. The van der Waals surface area contributed by atoms with Crippen molar-refractivity contribution in [2.45, 2.75) is 6.42 Å². The molecular formula is C20H20N4O3. The predicted octanol–water partition coefficient (Wildman–Crippen LogP) is 2.68. The summed E-state index contributed by atoms with van der Waals surface area (Å²) in [6.45, 7) is 0.310. The van der Waals surface area contributed by atoms with Gasteiger partial charge in [-0.3, -0.25) is 14.5 Å². The zero-order valence-electron chi connectivity index (χ0n) is 15.2. The lowest BCUT2D eigenvalue weighted by Gasteiger charge is -2.25. The zero-order valence-corrected chi connectivity index (χ0v) is 15.2. The molecule has 3 aromatic rings. The topological polar surface area (TPSA) is 78.3 Å². The maximum absolute atomic E-state index is 12.8. The lowest BCUT2D eigenvalue weighted by molar-refractivity contribution is -0.121. The smallest absolute Gasteiger partial charge is 0.232 e. The first-order valence-electron chi connectivity index (χ1n) is 8.70. The van der Waals surface area contributed by atoms with E-state index >= 15 is 0 Å². The predicted molar refractivity (Wildman–Crippen MR) is 101 cm³/mol. The fraction of sp³-hybridized carbons (Fsp3) is 0.250. The molecule has 0 fully saturated rings. The van der Waals surface area contributed by atoms with Crippen molar-refractivity contribution < 1.29 is 14.3 Å². The normalized spacial score (nSPS) is 15.6. The lowest BCUT2D eigenvalue weighted by Crippen LogP contribution is -2.33. The highest BCUT2D eigenvalue weighted by Gasteiger charge is 2.28. The number of carbonyl (C=O) groups excluding carboxylic acids is 1. The number of aromatic nitrogens is 3. The van der Waals surface area contributed by atoms with Crippen LogP contribution in [0.15, 0.2) is 48.7 Å². The standard InChI is InChI=1S/C20H20N4O3/c1-24-18(11-16(23-24)15-7-3-4-9-21-15)22-20(25)14-10-13-6-5-8-17(26-2)19(13)27-12-14/h3-9,11,14H,10,12H2,1-2H3,(H,22,25). The molecule has 0 radical (unpaired) electrons. The molecule has 0 aliphatic carbocycles. The first kappa shape index (κ1) is 17.1. The van der Waals surface area contributed by atoms with E-state index in [9.17, 15) is 4.79 Å². The number of nitrogens with zero attached hydrogens (tertiary/aromatic N) is 3. The SMILES string of the molecule is COc1cccc2c1OCC(C(=O)Nc1cc(-c3ccccn3)nn1C)C2. The molecule has 0 saturated carbocycles. The van der Waals surface area contributed by atoms with Crippen molar-refractivity contribution in [2.75, 3.05) is 19.0 Å². The van der Waals surface area contributed by atoms with E-state index in [1.807, 2.05) is 42.5 Å². The number of methoxy groups -OCH3 is 1. The fourth-order valence-corrected chi connectivity index (χ4v) is 3.18. The Labute approximate surface area is 156 Å². The van der Waals surface area contributed by atoms with Gasteiger partial charge in [-0.1, -0.05) is 18.2 Å². The van der Waals surface area contributed by atoms with Crippen molar-refractivity contribution in [1.82, 2.24) is 14.8 Å². The van der Waals surface area contributed by atoms with Crippen LogP contribution >= 0.6 is 0 Å². The third kappa shape index (κ3) is 3.36. The summed E-state index contributed by atoms with van der Waals surface area (Å²) >= 11 is 0. The Morgan fingerprint density at radius 3 is 2.93 bits per heavy atom. The third-order valence-corrected chi connectivity index (χ3v) is 4.60. The molecule has 0 spiro atoms. The Kier molecular flexibility index (Phi) is 4.50. The van der Waals surface area contributed by atoms with Crippen LogP contribution in [-0.4, -0.2) is 34.4 Å². The molecule has 1 aliphatic heterocycles. The van der Waals surface area contributed by atoms with Gasteiger partial charge in [0.2, 0.25) is 5.91 Å². The maximum Gasteiger partial charge on any atom is 0.232 e. The molecule has 1 aromatic carbocycles. The van der Waals surface area contributed by atoms with Gasteiger partial charge in [-0.25, -0.2) is 0 Å². The van der Waals surface area contributed by atoms with Gasteiger partial charge in [0.1, 0.15) is 18.1 Å². The minimum absolute atomic E-state index is 0.0981. The number of amides is 1. The molecule has 138 valence electrons. The summed E-state index contributed by atoms with van der Waals surface area (Å²) in [5.41, 5.74) is 2.44. The number of hydrogen-bond acceptors (Lipinski definition) is 5. The minimum Gasteiger partial charge on any atom is -0.493 e. The number of para-hydroxylation sites is 1. The van der Waals surface area contributed by atoms with E-state index in [0.29, 0.717) is 30.3 Å². The Balaban J connectivity index is 1.49. The molecule has 0 saturated heterocycles. The summed E-state index contributed by atoms with van der Waals surface area (Å²) in [5, 5.41) is 7.38. The van der Waals surface area contributed by atoms with Crippen LogP contribution in [0, 0.1) is 5.92 Å². The first-order valence-corrected chi connectivity index (χ1v) is 8.70. The summed E-state index contributed by atoms with van der Waals surface area (Å²) in [7, 11) is 3.40. The van der Waals surface area contributed by atoms with Crippen LogP contribution in [0.3, 0.4) is 0 Å². The fourth-order valence-electron chi connectivity index (χ4n) is 3.18. The molecule has 7 nitrogen and oxygen atoms in total. The van der Waals surface area contributed by atoms with Gasteiger partial charge in [0.05, 0.1) is 18.7 Å². The van der Waals surface area contributed by atoms with Gasteiger partial charge >= 0.3 is 0 Å². The van der Waals surface area contributed by atoms with Crippen molar-refractivity contribution in [3.05, 3.63) is 54.2 Å². The summed E-state index contributed by atoms with van der Waals surface area (Å²) < 4.78 is 12.8. The van der Waals surface area contributed by atoms with Crippen LogP contribution in [0.5, 0.6) is 11.5 Å². The van der Waals surface area contributed by atoms with E-state index < -0.39 is 0 Å². The number of rotatable bonds is 4. The molecular weight excluding hydrogens is 344 g/mol. The van der Waals surface area contributed by atoms with Crippen LogP contribution in [0.1, 0.15) is 5.56 Å². The molecule has 1 atom stereocenters. The monoisotopic (exact) mass is 364 g/mol. The van der Waals surface area contributed by atoms with Crippen molar-refractivity contribution in [1.29, 1.82) is 0 Å². The third-order valence-electron chi connectivity index (χ3n) is 4.60. The molecule has 1 N–H and O–H groups in total. The molecule has 2 aromatic heterocycles. The molecule has 1 unspecified atom stereocenters. The van der Waals surface area contributed by atoms with E-state index in [0.717, 1.165) is 17.0 Å². The van der Waals surface area contributed by atoms with E-state index in [1.165, 1.54) is 0 Å². The van der Waals surface area contributed by atoms with Crippen molar-refractivity contribution in [3.8, 4) is 22.9 Å². The van der Waals surface area contributed by atoms with Crippen LogP contribution in [0.25, 0.3) is 11.4 Å². The number of aryl methyl sites for hydroxylation is 1. The van der Waals surface area contributed by atoms with Gasteiger partial charge in [-0.05, 0) is 30.2 Å². The summed E-state index contributed by atoms with van der Waals surface area (Å²) in [6, 6.07) is 13.2. The molecule has 3 heterocycles. The molecule has 7 heteroatoms. The Morgan fingerprint density at radius 2 is 2.15 bits per heavy atom. The Hall–Kier alpha value is -3.35. The zero-order chi connectivity index (χ0) is 18.8. The molecule has 27 heavy (non-hydrogen) atoms. The van der Waals surface area contributed by atoms with Crippen LogP contribution in [0.2, 0.25) is 0 Å². The lowest BCUT2D eigenvalue weighted by atomic mass is 9.95. The van der Waals surface area contributed by atoms with Gasteiger partial charge in [-0.15, -0.1) is 0 Å². The molecule has 0 bridgehead atoms. The van der Waals surface area contributed by atoms with Crippen LogP contribution in [-0.2, 0) is 18.3 Å². The van der Waals surface area contributed by atoms with Crippen molar-refractivity contribution >= 4 is 11.7 Å². The Morgan fingerprint density at radius 1 is 1.26 bits per heavy atom. The number of pyridine rings is 1. The highest BCUT2D eigenvalue weighted by atomic mass is 16.5. The van der Waals surface area contributed by atoms with E-state index in [2.05, 4.69) is 15.4 Å². The van der Waals surface area contributed by atoms with Crippen molar-refractivity contribution in [3.63, 3.8) is 0 Å². The van der Waals surface area contributed by atoms with E-state index in [1.54, 1.807) is 25.0 Å². The highest BCUT2D eigenvalue weighted by Crippen LogP contribution is 2.36. The highest BCUT2D eigenvalue weighted by molar-refractivity contribution is 5.92. The Bertz CT molecular complexity index is 969. The second-order valence-corrected chi connectivity index (χ2v) is 6.40. The van der Waals surface area contributed by atoms with Gasteiger partial charge in [-0.2, -0.15) is 5.10 Å².